The topological polar surface area (TPSA) is 100.0 Å². The van der Waals surface area contributed by atoms with E-state index < -0.39 is 29.0 Å². The summed E-state index contributed by atoms with van der Waals surface area (Å²) in [5, 5.41) is 0. The van der Waals surface area contributed by atoms with Crippen LogP contribution in [0.4, 0.5) is 9.59 Å². The molecule has 196 valence electrons. The molecule has 2 aromatic rings. The van der Waals surface area contributed by atoms with E-state index in [2.05, 4.69) is 4.98 Å². The Bertz CT molecular complexity index is 1050. The monoisotopic (exact) mass is 499 g/mol. The van der Waals surface area contributed by atoms with Gasteiger partial charge in [-0.2, -0.15) is 0 Å². The van der Waals surface area contributed by atoms with Crippen molar-refractivity contribution in [3.8, 4) is 5.69 Å². The van der Waals surface area contributed by atoms with E-state index in [0.717, 1.165) is 10.6 Å². The number of benzene rings is 1. The van der Waals surface area contributed by atoms with Crippen molar-refractivity contribution in [1.29, 1.82) is 0 Å². The van der Waals surface area contributed by atoms with Crippen LogP contribution in [0.25, 0.3) is 5.69 Å². The van der Waals surface area contributed by atoms with Crippen molar-refractivity contribution in [2.75, 3.05) is 6.54 Å². The van der Waals surface area contributed by atoms with Gasteiger partial charge in [0, 0.05) is 37.7 Å². The number of hydrogen-bond acceptors (Lipinski definition) is 7. The lowest BCUT2D eigenvalue weighted by molar-refractivity contribution is -0.150. The summed E-state index contributed by atoms with van der Waals surface area (Å²) in [5.74, 6) is -0.365. The van der Waals surface area contributed by atoms with E-state index in [1.807, 2.05) is 41.1 Å². The van der Waals surface area contributed by atoms with Gasteiger partial charge in [-0.25, -0.2) is 19.5 Å². The summed E-state index contributed by atoms with van der Waals surface area (Å²) in [7, 11) is 0. The molecule has 0 aliphatic heterocycles. The molecule has 2 amide bonds. The number of hydrogen-bond donors (Lipinski definition) is 0. The van der Waals surface area contributed by atoms with Crippen molar-refractivity contribution >= 4 is 18.2 Å². The van der Waals surface area contributed by atoms with Crippen molar-refractivity contribution in [3.63, 3.8) is 0 Å². The Morgan fingerprint density at radius 2 is 1.61 bits per heavy atom. The van der Waals surface area contributed by atoms with E-state index >= 15 is 0 Å². The highest BCUT2D eigenvalue weighted by molar-refractivity contribution is 5.88. The van der Waals surface area contributed by atoms with Crippen LogP contribution in [0.15, 0.2) is 42.9 Å². The highest BCUT2D eigenvalue weighted by atomic mass is 16.6. The number of rotatable bonds is 7. The number of imide groups is 1. The summed E-state index contributed by atoms with van der Waals surface area (Å²) < 4.78 is 18.5. The number of carbonyl (C=O) groups is 3. The van der Waals surface area contributed by atoms with Crippen LogP contribution < -0.4 is 0 Å². The van der Waals surface area contributed by atoms with Gasteiger partial charge < -0.3 is 18.8 Å². The zero-order valence-corrected chi connectivity index (χ0v) is 22.2. The van der Waals surface area contributed by atoms with E-state index in [4.69, 9.17) is 14.2 Å². The molecular weight excluding hydrogens is 462 g/mol. The molecule has 3 rings (SSSR count). The predicted octanol–water partition coefficient (Wildman–Crippen LogP) is 5.60. The number of aromatic nitrogens is 2. The van der Waals surface area contributed by atoms with Gasteiger partial charge in [0.25, 0.3) is 0 Å². The highest BCUT2D eigenvalue weighted by Gasteiger charge is 2.60. The maximum atomic E-state index is 12.7. The van der Waals surface area contributed by atoms with Gasteiger partial charge in [-0.1, -0.05) is 18.2 Å². The van der Waals surface area contributed by atoms with Crippen LogP contribution in [-0.4, -0.2) is 50.4 Å². The second-order valence-electron chi connectivity index (χ2n) is 11.1. The first-order valence-electron chi connectivity index (χ1n) is 12.2. The Morgan fingerprint density at radius 1 is 1.03 bits per heavy atom. The predicted molar refractivity (Wildman–Crippen MR) is 134 cm³/mol. The van der Waals surface area contributed by atoms with Crippen LogP contribution in [0.3, 0.4) is 0 Å². The smallest absolute Gasteiger partial charge is 0.419 e. The number of ether oxygens (including phenoxy) is 3. The van der Waals surface area contributed by atoms with Gasteiger partial charge in [0.15, 0.2) is 5.60 Å². The van der Waals surface area contributed by atoms with Crippen LogP contribution >= 0.6 is 0 Å². The Kier molecular flexibility index (Phi) is 7.81. The van der Waals surface area contributed by atoms with E-state index in [-0.39, 0.29) is 18.4 Å². The molecule has 1 fully saturated rings. The van der Waals surface area contributed by atoms with Gasteiger partial charge in [0.05, 0.1) is 6.33 Å². The number of esters is 1. The molecule has 1 aliphatic rings. The van der Waals surface area contributed by atoms with Crippen LogP contribution in [-0.2, 0) is 24.6 Å². The van der Waals surface area contributed by atoms with Crippen molar-refractivity contribution in [2.24, 2.45) is 5.92 Å². The SMILES string of the molecule is CC(=O)OC1(c2cn(-c3ccccc3)cn2)CC1CCCN(C(=O)OC(C)(C)C)C(=O)OC(C)(C)C. The molecule has 9 nitrogen and oxygen atoms in total. The van der Waals surface area contributed by atoms with Crippen LogP contribution in [0, 0.1) is 5.92 Å². The Balaban J connectivity index is 1.69. The van der Waals surface area contributed by atoms with Crippen LogP contribution in [0.5, 0.6) is 0 Å². The molecule has 0 radical (unpaired) electrons. The summed E-state index contributed by atoms with van der Waals surface area (Å²) >= 11 is 0. The van der Waals surface area contributed by atoms with Crippen molar-refractivity contribution in [2.45, 2.75) is 84.5 Å². The molecule has 36 heavy (non-hydrogen) atoms. The normalized spacial score (nSPS) is 19.4. The van der Waals surface area contributed by atoms with Gasteiger partial charge in [-0.3, -0.25) is 4.79 Å². The molecular formula is C27H37N3O6. The third-order valence-corrected chi connectivity index (χ3v) is 5.61. The molecule has 1 aromatic carbocycles. The lowest BCUT2D eigenvalue weighted by Crippen LogP contribution is -2.44. The third-order valence-electron chi connectivity index (χ3n) is 5.61. The Morgan fingerprint density at radius 3 is 2.14 bits per heavy atom. The summed E-state index contributed by atoms with van der Waals surface area (Å²) in [4.78, 5) is 42.9. The largest absolute Gasteiger partial charge is 0.452 e. The molecule has 2 atom stereocenters. The van der Waals surface area contributed by atoms with Gasteiger partial charge in [0.2, 0.25) is 0 Å². The zero-order chi connectivity index (χ0) is 26.7. The number of amides is 2. The first-order chi connectivity index (χ1) is 16.7. The first kappa shape index (κ1) is 27.2. The zero-order valence-electron chi connectivity index (χ0n) is 22.2. The van der Waals surface area contributed by atoms with Crippen molar-refractivity contribution in [3.05, 3.63) is 48.5 Å². The number of imidazole rings is 1. The first-order valence-corrected chi connectivity index (χ1v) is 12.2. The van der Waals surface area contributed by atoms with Gasteiger partial charge >= 0.3 is 18.2 Å². The summed E-state index contributed by atoms with van der Waals surface area (Å²) in [6, 6.07) is 9.76. The molecule has 0 saturated heterocycles. The fourth-order valence-corrected chi connectivity index (χ4v) is 4.06. The fourth-order valence-electron chi connectivity index (χ4n) is 4.06. The second-order valence-corrected chi connectivity index (χ2v) is 11.1. The minimum Gasteiger partial charge on any atom is -0.452 e. The van der Waals surface area contributed by atoms with Crippen LogP contribution in [0.1, 0.15) is 73.4 Å². The van der Waals surface area contributed by atoms with Gasteiger partial charge in [-0.15, -0.1) is 0 Å². The maximum absolute atomic E-state index is 12.7. The van der Waals surface area contributed by atoms with Crippen molar-refractivity contribution < 1.29 is 28.6 Å². The lowest BCUT2D eigenvalue weighted by atomic mass is 10.1. The third kappa shape index (κ3) is 7.08. The molecule has 9 heteroatoms. The molecule has 1 saturated carbocycles. The Hall–Kier alpha value is -3.36. The lowest BCUT2D eigenvalue weighted by Gasteiger charge is -2.28. The molecule has 0 N–H and O–H groups in total. The number of para-hydroxylation sites is 1. The molecule has 0 bridgehead atoms. The summed E-state index contributed by atoms with van der Waals surface area (Å²) in [6.07, 6.45) is 3.82. The Labute approximate surface area is 212 Å². The van der Waals surface area contributed by atoms with Gasteiger partial charge in [0.1, 0.15) is 16.9 Å². The number of carbonyl (C=O) groups excluding carboxylic acids is 3. The minimum atomic E-state index is -0.811. The van der Waals surface area contributed by atoms with Crippen LogP contribution in [0.2, 0.25) is 0 Å². The van der Waals surface area contributed by atoms with E-state index in [9.17, 15) is 14.4 Å². The molecule has 1 aromatic heterocycles. The quantitative estimate of drug-likeness (QED) is 0.361. The highest BCUT2D eigenvalue weighted by Crippen LogP contribution is 2.57. The average Bonchev–Trinajstić information content (AvgIpc) is 3.18. The van der Waals surface area contributed by atoms with Crippen molar-refractivity contribution in [1.82, 2.24) is 14.5 Å². The second kappa shape index (κ2) is 10.3. The summed E-state index contributed by atoms with van der Waals surface area (Å²) in [5.41, 5.74) is -0.681. The maximum Gasteiger partial charge on any atom is 0.419 e. The molecule has 2 unspecified atom stereocenters. The standard InChI is InChI=1S/C27H37N3O6/c1-19(31)34-27(22-17-29(18-28-22)21-13-9-8-10-14-21)16-20(27)12-11-15-30(23(32)35-25(2,3)4)24(33)36-26(5,6)7/h8-10,13-14,17-18,20H,11-12,15-16H2,1-7H3. The van der Waals surface area contributed by atoms with E-state index in [1.54, 1.807) is 47.9 Å². The molecule has 1 heterocycles. The summed E-state index contributed by atoms with van der Waals surface area (Å²) in [6.45, 7) is 11.9. The number of nitrogens with zero attached hydrogens (tertiary/aromatic N) is 3. The van der Waals surface area contributed by atoms with Gasteiger partial charge in [-0.05, 0) is 66.5 Å². The molecule has 1 aliphatic carbocycles. The average molecular weight is 500 g/mol. The fraction of sp³-hybridized carbons (Fsp3) is 0.556. The van der Waals surface area contributed by atoms with E-state index in [0.29, 0.717) is 25.0 Å². The molecule has 0 spiro atoms. The minimum absolute atomic E-state index is 0.0136. The van der Waals surface area contributed by atoms with E-state index in [1.165, 1.54) is 6.92 Å².